The molecule has 0 amide bonds. The summed E-state index contributed by atoms with van der Waals surface area (Å²) in [5.41, 5.74) is 0.111. The first-order chi connectivity index (χ1) is 6.77. The Morgan fingerprint density at radius 1 is 0.786 bits per heavy atom. The van der Waals surface area contributed by atoms with Gasteiger partial charge in [0.05, 0.1) is 5.54 Å². The van der Waals surface area contributed by atoms with E-state index in [2.05, 4.69) is 11.3 Å². The van der Waals surface area contributed by atoms with Gasteiger partial charge in [-0.05, 0) is 19.8 Å². The number of rotatable bonds is 1. The Kier molecular flexibility index (Phi) is 5.61. The van der Waals surface area contributed by atoms with Crippen LogP contribution < -0.4 is 0 Å². The van der Waals surface area contributed by atoms with Gasteiger partial charge in [-0.3, -0.25) is 0 Å². The first kappa shape index (κ1) is 12.1. The quantitative estimate of drug-likeness (QED) is 0.629. The van der Waals surface area contributed by atoms with Crippen molar-refractivity contribution in [3.05, 3.63) is 0 Å². The van der Waals surface area contributed by atoms with Crippen LogP contribution in [0.3, 0.4) is 0 Å². The van der Waals surface area contributed by atoms with Crippen LogP contribution in [0.15, 0.2) is 4.36 Å². The van der Waals surface area contributed by atoms with E-state index in [1.807, 2.05) is 0 Å². The molecule has 0 spiro atoms. The average molecular weight is 213 g/mol. The van der Waals surface area contributed by atoms with E-state index in [1.54, 1.807) is 0 Å². The average Bonchev–Trinajstić information content (AvgIpc) is 2.24. The minimum atomic E-state index is 0.111. The summed E-state index contributed by atoms with van der Waals surface area (Å²) >= 11 is 4.93. The fourth-order valence-corrected chi connectivity index (χ4v) is 2.47. The zero-order valence-electron chi connectivity index (χ0n) is 9.43. The van der Waals surface area contributed by atoms with Crippen LogP contribution in [0.1, 0.15) is 71.1 Å². The molecule has 14 heavy (non-hydrogen) atoms. The van der Waals surface area contributed by atoms with Crippen LogP contribution in [-0.4, -0.2) is 5.54 Å². The highest BCUT2D eigenvalue weighted by atomic mass is 32.1. The molecule has 1 nitrogen and oxygen atoms in total. The molecule has 0 aromatic heterocycles. The van der Waals surface area contributed by atoms with Crippen LogP contribution in [0.2, 0.25) is 0 Å². The van der Waals surface area contributed by atoms with Crippen molar-refractivity contribution in [3.63, 3.8) is 0 Å². The number of hydrogen-bond acceptors (Lipinski definition) is 2. The molecule has 2 heteroatoms. The molecule has 0 aliphatic heterocycles. The van der Waals surface area contributed by atoms with E-state index in [0.717, 1.165) is 0 Å². The molecule has 1 fully saturated rings. The highest BCUT2D eigenvalue weighted by Crippen LogP contribution is 2.27. The zero-order chi connectivity index (χ0) is 10.3. The van der Waals surface area contributed by atoms with E-state index < -0.39 is 0 Å². The summed E-state index contributed by atoms with van der Waals surface area (Å²) in [6.07, 6.45) is 13.5. The third kappa shape index (κ3) is 4.50. The second-order valence-corrected chi connectivity index (χ2v) is 5.10. The molecule has 0 N–H and O–H groups in total. The molecular weight excluding hydrogens is 190 g/mol. The summed E-state index contributed by atoms with van der Waals surface area (Å²) in [6.45, 7) is 2.23. The van der Waals surface area contributed by atoms with Crippen molar-refractivity contribution >= 4 is 12.4 Å². The van der Waals surface area contributed by atoms with Crippen molar-refractivity contribution in [1.29, 1.82) is 0 Å². The maximum absolute atomic E-state index is 4.93. The lowest BCUT2D eigenvalue weighted by atomic mass is 9.90. The van der Waals surface area contributed by atoms with Crippen LogP contribution in [0.5, 0.6) is 0 Å². The van der Waals surface area contributed by atoms with Crippen LogP contribution in [0.25, 0.3) is 0 Å². The monoisotopic (exact) mass is 213 g/mol. The van der Waals surface area contributed by atoms with Gasteiger partial charge in [-0.1, -0.05) is 51.4 Å². The maximum Gasteiger partial charge on any atom is 0.0710 e. The van der Waals surface area contributed by atoms with Crippen LogP contribution in [0, 0.1) is 0 Å². The lowest BCUT2D eigenvalue weighted by molar-refractivity contribution is 0.380. The van der Waals surface area contributed by atoms with Gasteiger partial charge in [0, 0.05) is 12.4 Å². The Morgan fingerprint density at radius 3 is 1.50 bits per heavy atom. The van der Waals surface area contributed by atoms with Crippen molar-refractivity contribution in [3.8, 4) is 0 Å². The number of nitrogens with zero attached hydrogens (tertiary/aromatic N) is 1. The van der Waals surface area contributed by atoms with Crippen molar-refractivity contribution in [2.24, 2.45) is 4.36 Å². The van der Waals surface area contributed by atoms with Crippen LogP contribution in [0.4, 0.5) is 0 Å². The van der Waals surface area contributed by atoms with E-state index in [0.29, 0.717) is 0 Å². The van der Waals surface area contributed by atoms with Gasteiger partial charge >= 0.3 is 0 Å². The lowest BCUT2D eigenvalue weighted by Crippen LogP contribution is -2.20. The van der Waals surface area contributed by atoms with Gasteiger partial charge in [-0.25, -0.2) is 4.36 Å². The van der Waals surface area contributed by atoms with Gasteiger partial charge in [-0.15, -0.1) is 0 Å². The lowest BCUT2D eigenvalue weighted by Gasteiger charge is -2.22. The van der Waals surface area contributed by atoms with E-state index in [-0.39, 0.29) is 5.54 Å². The molecule has 0 heterocycles. The minimum Gasteiger partial charge on any atom is -0.213 e. The molecule has 82 valence electrons. The molecule has 1 aliphatic rings. The number of hydrogen-bond donors (Lipinski definition) is 0. The van der Waals surface area contributed by atoms with Gasteiger partial charge in [0.15, 0.2) is 0 Å². The van der Waals surface area contributed by atoms with Crippen molar-refractivity contribution in [2.45, 2.75) is 76.7 Å². The first-order valence-corrected chi connectivity index (χ1v) is 6.48. The van der Waals surface area contributed by atoms with E-state index >= 15 is 0 Å². The topological polar surface area (TPSA) is 12.4 Å². The SMILES string of the molecule is CC1(N=S)CCCCCCCCCC1. The van der Waals surface area contributed by atoms with E-state index in [9.17, 15) is 0 Å². The standard InChI is InChI=1S/C12H23NS/c1-12(13-14)10-8-6-4-2-3-5-7-9-11-12/h2-11H2,1H3. The summed E-state index contributed by atoms with van der Waals surface area (Å²) in [7, 11) is 0. The summed E-state index contributed by atoms with van der Waals surface area (Å²) in [5.74, 6) is 0. The van der Waals surface area contributed by atoms with E-state index in [4.69, 9.17) is 12.4 Å². The highest BCUT2D eigenvalue weighted by molar-refractivity contribution is 7.47. The summed E-state index contributed by atoms with van der Waals surface area (Å²) in [4.78, 5) is 0. The van der Waals surface area contributed by atoms with Gasteiger partial charge < -0.3 is 0 Å². The van der Waals surface area contributed by atoms with E-state index in [1.165, 1.54) is 64.2 Å². The highest BCUT2D eigenvalue weighted by Gasteiger charge is 2.21. The normalized spacial score (nSPS) is 24.9. The molecule has 0 atom stereocenters. The van der Waals surface area contributed by atoms with Crippen molar-refractivity contribution in [1.82, 2.24) is 0 Å². The Hall–Kier alpha value is 0.0200. The van der Waals surface area contributed by atoms with Gasteiger partial charge in [0.2, 0.25) is 0 Å². The molecule has 0 bridgehead atoms. The summed E-state index contributed by atoms with van der Waals surface area (Å²) < 4.78 is 4.17. The van der Waals surface area contributed by atoms with Gasteiger partial charge in [0.25, 0.3) is 0 Å². The Bertz CT molecular complexity index is 156. The Morgan fingerprint density at radius 2 is 1.14 bits per heavy atom. The second kappa shape index (κ2) is 6.49. The zero-order valence-corrected chi connectivity index (χ0v) is 10.2. The van der Waals surface area contributed by atoms with Crippen LogP contribution in [-0.2, 0) is 12.4 Å². The largest absolute Gasteiger partial charge is 0.213 e. The van der Waals surface area contributed by atoms with Crippen molar-refractivity contribution < 1.29 is 0 Å². The Labute approximate surface area is 93.8 Å². The molecule has 1 aliphatic carbocycles. The summed E-state index contributed by atoms with van der Waals surface area (Å²) in [5, 5.41) is 0. The molecular formula is C12H23NS. The molecule has 0 radical (unpaired) electrons. The third-order valence-corrected chi connectivity index (χ3v) is 3.84. The minimum absolute atomic E-state index is 0.111. The van der Waals surface area contributed by atoms with Crippen LogP contribution >= 0.6 is 0 Å². The smallest absolute Gasteiger partial charge is 0.0710 e. The Balaban J connectivity index is 2.39. The maximum atomic E-state index is 4.93. The fraction of sp³-hybridized carbons (Fsp3) is 1.00. The second-order valence-electron chi connectivity index (χ2n) is 4.92. The molecule has 1 rings (SSSR count). The van der Waals surface area contributed by atoms with Gasteiger partial charge in [0.1, 0.15) is 0 Å². The summed E-state index contributed by atoms with van der Waals surface area (Å²) in [6, 6.07) is 0. The third-order valence-electron chi connectivity index (χ3n) is 3.40. The predicted octanol–water partition coefficient (Wildman–Crippen LogP) is 4.39. The molecule has 0 unspecified atom stereocenters. The molecule has 0 saturated heterocycles. The molecule has 1 saturated carbocycles. The molecule has 0 aromatic carbocycles. The molecule has 0 aromatic rings. The predicted molar refractivity (Wildman–Crippen MR) is 64.4 cm³/mol. The van der Waals surface area contributed by atoms with Crippen molar-refractivity contribution in [2.75, 3.05) is 0 Å². The first-order valence-electron chi connectivity index (χ1n) is 6.11. The fourth-order valence-electron chi connectivity index (χ4n) is 2.29. The van der Waals surface area contributed by atoms with Gasteiger partial charge in [-0.2, -0.15) is 0 Å².